The number of rotatable bonds is 3. The molecular weight excluding hydrogens is 306 g/mol. The van der Waals surface area contributed by atoms with Crippen LogP contribution in [-0.4, -0.2) is 5.16 Å². The summed E-state index contributed by atoms with van der Waals surface area (Å²) in [7, 11) is 0. The number of benzene rings is 2. The second-order valence-electron chi connectivity index (χ2n) is 4.38. The summed E-state index contributed by atoms with van der Waals surface area (Å²) in [4.78, 5) is 0. The largest absolute Gasteiger partial charge is 0.486 e. The van der Waals surface area contributed by atoms with E-state index in [0.29, 0.717) is 6.61 Å². The lowest BCUT2D eigenvalue weighted by molar-refractivity contribution is 0.249. The van der Waals surface area contributed by atoms with Crippen molar-refractivity contribution in [2.24, 2.45) is 0 Å². The fourth-order valence-electron chi connectivity index (χ4n) is 1.92. The van der Waals surface area contributed by atoms with Crippen LogP contribution in [0.4, 0.5) is 0 Å². The molecule has 0 atom stereocenters. The number of hydrogen-bond donors (Lipinski definition) is 0. The van der Waals surface area contributed by atoms with Crippen LogP contribution in [0.15, 0.2) is 51.5 Å². The Morgan fingerprint density at radius 3 is 2.68 bits per heavy atom. The maximum atomic E-state index is 5.70. The number of aryl methyl sites for hydroxylation is 1. The van der Waals surface area contributed by atoms with E-state index in [-0.39, 0.29) is 0 Å². The summed E-state index contributed by atoms with van der Waals surface area (Å²) in [6, 6.07) is 14.1. The molecule has 1 aromatic heterocycles. The maximum absolute atomic E-state index is 5.70. The Labute approximate surface area is 119 Å². The van der Waals surface area contributed by atoms with Crippen LogP contribution in [0, 0.1) is 6.92 Å². The zero-order valence-corrected chi connectivity index (χ0v) is 12.0. The molecule has 3 rings (SSSR count). The van der Waals surface area contributed by atoms with Gasteiger partial charge in [-0.3, -0.25) is 0 Å². The Balaban J connectivity index is 1.79. The number of halogens is 1. The highest BCUT2D eigenvalue weighted by atomic mass is 79.9. The van der Waals surface area contributed by atoms with Crippen molar-refractivity contribution in [2.75, 3.05) is 0 Å². The van der Waals surface area contributed by atoms with E-state index in [9.17, 15) is 0 Å². The highest BCUT2D eigenvalue weighted by Crippen LogP contribution is 2.24. The normalized spacial score (nSPS) is 10.8. The molecule has 0 aliphatic heterocycles. The second-order valence-corrected chi connectivity index (χ2v) is 5.29. The van der Waals surface area contributed by atoms with E-state index >= 15 is 0 Å². The van der Waals surface area contributed by atoms with E-state index in [2.05, 4.69) is 33.2 Å². The molecule has 0 aliphatic carbocycles. The van der Waals surface area contributed by atoms with Gasteiger partial charge >= 0.3 is 0 Å². The zero-order valence-electron chi connectivity index (χ0n) is 10.4. The topological polar surface area (TPSA) is 35.3 Å². The Morgan fingerprint density at radius 1 is 1.11 bits per heavy atom. The van der Waals surface area contributed by atoms with Crippen molar-refractivity contribution in [2.45, 2.75) is 13.5 Å². The van der Waals surface area contributed by atoms with E-state index < -0.39 is 0 Å². The highest BCUT2D eigenvalue weighted by Gasteiger charge is 2.03. The molecule has 3 nitrogen and oxygen atoms in total. The Hall–Kier alpha value is -1.81. The van der Waals surface area contributed by atoms with Gasteiger partial charge in [-0.1, -0.05) is 33.2 Å². The van der Waals surface area contributed by atoms with E-state index in [1.54, 1.807) is 0 Å². The monoisotopic (exact) mass is 317 g/mol. The minimum Gasteiger partial charge on any atom is -0.486 e. The number of fused-ring (bicyclic) bond motifs is 1. The quantitative estimate of drug-likeness (QED) is 0.714. The third kappa shape index (κ3) is 2.79. The van der Waals surface area contributed by atoms with Gasteiger partial charge in [-0.25, -0.2) is 0 Å². The van der Waals surface area contributed by atoms with Crippen molar-refractivity contribution in [1.82, 2.24) is 5.16 Å². The minimum atomic E-state index is 0.392. The first kappa shape index (κ1) is 12.2. The van der Waals surface area contributed by atoms with Gasteiger partial charge in [-0.05, 0) is 42.0 Å². The predicted molar refractivity (Wildman–Crippen MR) is 77.2 cm³/mol. The van der Waals surface area contributed by atoms with Crippen LogP contribution in [0.2, 0.25) is 0 Å². The fraction of sp³-hybridized carbons (Fsp3) is 0.133. The van der Waals surface area contributed by atoms with Crippen LogP contribution in [0.3, 0.4) is 0 Å². The molecule has 0 aliphatic rings. The molecule has 4 heteroatoms. The molecule has 2 aromatic carbocycles. The van der Waals surface area contributed by atoms with Gasteiger partial charge in [0.05, 0.1) is 5.69 Å². The van der Waals surface area contributed by atoms with Crippen LogP contribution in [0.25, 0.3) is 10.8 Å². The van der Waals surface area contributed by atoms with Crippen LogP contribution < -0.4 is 4.74 Å². The zero-order chi connectivity index (χ0) is 13.2. The van der Waals surface area contributed by atoms with Gasteiger partial charge in [0.15, 0.2) is 5.76 Å². The Morgan fingerprint density at radius 2 is 1.89 bits per heavy atom. The molecule has 0 N–H and O–H groups in total. The molecule has 96 valence electrons. The lowest BCUT2D eigenvalue weighted by atomic mass is 10.1. The predicted octanol–water partition coefficient (Wildman–Crippen LogP) is 4.48. The molecule has 0 saturated heterocycles. The number of nitrogens with zero attached hydrogens (tertiary/aromatic N) is 1. The molecule has 0 unspecified atom stereocenters. The standard InChI is InChI=1S/C15H12BrNO2/c1-10-6-15(19-17-10)9-18-14-5-3-11-7-13(16)4-2-12(11)8-14/h2-8H,9H2,1H3. The number of hydrogen-bond acceptors (Lipinski definition) is 3. The van der Waals surface area contributed by atoms with Crippen LogP contribution in [0.5, 0.6) is 5.75 Å². The lowest BCUT2D eigenvalue weighted by Crippen LogP contribution is -1.93. The Kier molecular flexibility index (Phi) is 3.25. The van der Waals surface area contributed by atoms with Crippen LogP contribution >= 0.6 is 15.9 Å². The molecular formula is C15H12BrNO2. The minimum absolute atomic E-state index is 0.392. The summed E-state index contributed by atoms with van der Waals surface area (Å²) in [5, 5.41) is 6.15. The van der Waals surface area contributed by atoms with Crippen molar-refractivity contribution in [3.8, 4) is 5.75 Å². The number of ether oxygens (including phenoxy) is 1. The summed E-state index contributed by atoms with van der Waals surface area (Å²) in [5.41, 5.74) is 0.863. The number of aromatic nitrogens is 1. The van der Waals surface area contributed by atoms with Gasteiger partial charge in [0.25, 0.3) is 0 Å². The summed E-state index contributed by atoms with van der Waals surface area (Å²) in [5.74, 6) is 1.55. The second kappa shape index (κ2) is 5.05. The van der Waals surface area contributed by atoms with E-state index in [1.807, 2.05) is 37.3 Å². The van der Waals surface area contributed by atoms with Gasteiger partial charge < -0.3 is 9.26 Å². The third-order valence-corrected chi connectivity index (χ3v) is 3.32. The fourth-order valence-corrected chi connectivity index (χ4v) is 2.30. The van der Waals surface area contributed by atoms with Crippen molar-refractivity contribution < 1.29 is 9.26 Å². The lowest BCUT2D eigenvalue weighted by Gasteiger charge is -2.05. The van der Waals surface area contributed by atoms with Crippen molar-refractivity contribution in [1.29, 1.82) is 0 Å². The molecule has 0 amide bonds. The van der Waals surface area contributed by atoms with E-state index in [4.69, 9.17) is 9.26 Å². The first-order chi connectivity index (χ1) is 9.20. The molecule has 0 spiro atoms. The molecule has 0 saturated carbocycles. The summed E-state index contributed by atoms with van der Waals surface area (Å²) < 4.78 is 11.9. The molecule has 0 bridgehead atoms. The SMILES string of the molecule is Cc1cc(COc2ccc3cc(Br)ccc3c2)on1. The molecule has 19 heavy (non-hydrogen) atoms. The average Bonchev–Trinajstić information content (AvgIpc) is 2.82. The summed E-state index contributed by atoms with van der Waals surface area (Å²) in [6.45, 7) is 2.28. The first-order valence-electron chi connectivity index (χ1n) is 5.95. The summed E-state index contributed by atoms with van der Waals surface area (Å²) >= 11 is 3.46. The molecule has 1 heterocycles. The van der Waals surface area contributed by atoms with E-state index in [1.165, 1.54) is 5.39 Å². The van der Waals surface area contributed by atoms with Gasteiger partial charge in [-0.2, -0.15) is 0 Å². The van der Waals surface area contributed by atoms with Crippen molar-refractivity contribution in [3.63, 3.8) is 0 Å². The average molecular weight is 318 g/mol. The van der Waals surface area contributed by atoms with Gasteiger partial charge in [0.1, 0.15) is 12.4 Å². The molecule has 0 fully saturated rings. The van der Waals surface area contributed by atoms with Gasteiger partial charge in [0.2, 0.25) is 0 Å². The van der Waals surface area contributed by atoms with Crippen molar-refractivity contribution >= 4 is 26.7 Å². The van der Waals surface area contributed by atoms with E-state index in [0.717, 1.165) is 27.1 Å². The first-order valence-corrected chi connectivity index (χ1v) is 6.74. The Bertz CT molecular complexity index is 721. The van der Waals surface area contributed by atoms with Crippen molar-refractivity contribution in [3.05, 3.63) is 58.4 Å². The maximum Gasteiger partial charge on any atom is 0.174 e. The molecule has 0 radical (unpaired) electrons. The van der Waals surface area contributed by atoms with Crippen LogP contribution in [0.1, 0.15) is 11.5 Å². The smallest absolute Gasteiger partial charge is 0.174 e. The van der Waals surface area contributed by atoms with Crippen LogP contribution in [-0.2, 0) is 6.61 Å². The highest BCUT2D eigenvalue weighted by molar-refractivity contribution is 9.10. The third-order valence-electron chi connectivity index (χ3n) is 2.83. The van der Waals surface area contributed by atoms with Gasteiger partial charge in [0, 0.05) is 10.5 Å². The summed E-state index contributed by atoms with van der Waals surface area (Å²) in [6.07, 6.45) is 0. The van der Waals surface area contributed by atoms with Gasteiger partial charge in [-0.15, -0.1) is 0 Å². The molecule has 3 aromatic rings.